The highest BCUT2D eigenvalue weighted by Gasteiger charge is 2.20. The van der Waals surface area contributed by atoms with Gasteiger partial charge in [0.25, 0.3) is 0 Å². The molecule has 90 valence electrons. The maximum Gasteiger partial charge on any atom is 0.0593 e. The van der Waals surface area contributed by atoms with Gasteiger partial charge in [-0.05, 0) is 12.8 Å². The van der Waals surface area contributed by atoms with Crippen molar-refractivity contribution in [3.8, 4) is 0 Å². The zero-order valence-corrected chi connectivity index (χ0v) is 10.3. The molecular weight excluding hydrogens is 188 g/mol. The van der Waals surface area contributed by atoms with Gasteiger partial charge in [-0.1, -0.05) is 20.3 Å². The Kier molecular flexibility index (Phi) is 6.98. The smallest absolute Gasteiger partial charge is 0.0593 e. The van der Waals surface area contributed by atoms with Crippen LogP contribution in [0.1, 0.15) is 33.1 Å². The molecule has 0 bridgehead atoms. The molecule has 3 heteroatoms. The van der Waals surface area contributed by atoms with Crippen LogP contribution in [-0.2, 0) is 4.74 Å². The van der Waals surface area contributed by atoms with Crippen LogP contribution in [0.3, 0.4) is 0 Å². The summed E-state index contributed by atoms with van der Waals surface area (Å²) in [7, 11) is 0. The average molecular weight is 214 g/mol. The van der Waals surface area contributed by atoms with E-state index in [4.69, 9.17) is 4.74 Å². The minimum Gasteiger partial charge on any atom is -0.380 e. The summed E-state index contributed by atoms with van der Waals surface area (Å²) in [6.45, 7) is 10.8. The summed E-state index contributed by atoms with van der Waals surface area (Å²) in [5.41, 5.74) is 0. The summed E-state index contributed by atoms with van der Waals surface area (Å²) >= 11 is 0. The van der Waals surface area contributed by atoms with E-state index >= 15 is 0 Å². The van der Waals surface area contributed by atoms with E-state index in [0.717, 1.165) is 45.3 Å². The molecule has 0 amide bonds. The molecule has 0 aromatic rings. The van der Waals surface area contributed by atoms with Crippen molar-refractivity contribution in [2.24, 2.45) is 0 Å². The van der Waals surface area contributed by atoms with Crippen LogP contribution in [0.4, 0.5) is 0 Å². The topological polar surface area (TPSA) is 24.5 Å². The summed E-state index contributed by atoms with van der Waals surface area (Å²) < 4.78 is 5.55. The van der Waals surface area contributed by atoms with Crippen molar-refractivity contribution in [3.63, 3.8) is 0 Å². The quantitative estimate of drug-likeness (QED) is 0.650. The number of hydrogen-bond acceptors (Lipinski definition) is 3. The summed E-state index contributed by atoms with van der Waals surface area (Å²) in [4.78, 5) is 2.58. The summed E-state index contributed by atoms with van der Waals surface area (Å²) in [5.74, 6) is 0. The van der Waals surface area contributed by atoms with Crippen molar-refractivity contribution in [3.05, 3.63) is 0 Å². The fourth-order valence-electron chi connectivity index (χ4n) is 2.14. The molecule has 1 N–H and O–H groups in total. The van der Waals surface area contributed by atoms with Crippen LogP contribution in [-0.4, -0.2) is 50.3 Å². The lowest BCUT2D eigenvalue weighted by molar-refractivity contribution is 0.0744. The Labute approximate surface area is 94.2 Å². The van der Waals surface area contributed by atoms with E-state index in [9.17, 15) is 0 Å². The van der Waals surface area contributed by atoms with E-state index in [2.05, 4.69) is 24.1 Å². The highest BCUT2D eigenvalue weighted by Crippen LogP contribution is 2.08. The van der Waals surface area contributed by atoms with E-state index in [1.165, 1.54) is 19.4 Å². The van der Waals surface area contributed by atoms with Crippen molar-refractivity contribution in [2.75, 3.05) is 39.4 Å². The van der Waals surface area contributed by atoms with Gasteiger partial charge in [-0.3, -0.25) is 4.90 Å². The number of ether oxygens (including phenoxy) is 1. The molecule has 1 saturated heterocycles. The van der Waals surface area contributed by atoms with Crippen molar-refractivity contribution >= 4 is 0 Å². The van der Waals surface area contributed by atoms with E-state index in [1.54, 1.807) is 0 Å². The standard InChI is InChI=1S/C12H26N2O/c1-3-5-12-11-13-6-7-14(12)8-10-15-9-4-2/h12-13H,3-11H2,1-2H3. The number of nitrogens with zero attached hydrogens (tertiary/aromatic N) is 1. The maximum atomic E-state index is 5.55. The molecule has 1 heterocycles. The highest BCUT2D eigenvalue weighted by atomic mass is 16.5. The first-order valence-electron chi connectivity index (χ1n) is 6.41. The molecule has 0 radical (unpaired) electrons. The van der Waals surface area contributed by atoms with Gasteiger partial charge < -0.3 is 10.1 Å². The Balaban J connectivity index is 2.17. The van der Waals surface area contributed by atoms with Crippen LogP contribution in [0.5, 0.6) is 0 Å². The van der Waals surface area contributed by atoms with Gasteiger partial charge in [0, 0.05) is 38.8 Å². The number of rotatable bonds is 7. The van der Waals surface area contributed by atoms with Crippen LogP contribution < -0.4 is 5.32 Å². The molecule has 0 saturated carbocycles. The molecule has 1 rings (SSSR count). The molecule has 0 spiro atoms. The lowest BCUT2D eigenvalue weighted by Gasteiger charge is -2.36. The zero-order chi connectivity index (χ0) is 10.9. The van der Waals surface area contributed by atoms with Crippen LogP contribution in [0.2, 0.25) is 0 Å². The summed E-state index contributed by atoms with van der Waals surface area (Å²) in [5, 5.41) is 3.47. The SMILES string of the molecule is CCCOCCN1CCNCC1CCC. The molecule has 0 aliphatic carbocycles. The van der Waals surface area contributed by atoms with Crippen LogP contribution in [0.15, 0.2) is 0 Å². The third-order valence-corrected chi connectivity index (χ3v) is 2.97. The van der Waals surface area contributed by atoms with Gasteiger partial charge in [0.2, 0.25) is 0 Å². The predicted molar refractivity (Wildman–Crippen MR) is 64.2 cm³/mol. The van der Waals surface area contributed by atoms with Crippen molar-refractivity contribution < 1.29 is 4.74 Å². The molecule has 1 unspecified atom stereocenters. The van der Waals surface area contributed by atoms with Crippen molar-refractivity contribution in [1.29, 1.82) is 0 Å². The van der Waals surface area contributed by atoms with E-state index in [-0.39, 0.29) is 0 Å². The fourth-order valence-corrected chi connectivity index (χ4v) is 2.14. The summed E-state index contributed by atoms with van der Waals surface area (Å²) in [6, 6.07) is 0.731. The predicted octanol–water partition coefficient (Wildman–Crippen LogP) is 1.49. The van der Waals surface area contributed by atoms with Gasteiger partial charge in [0.05, 0.1) is 6.61 Å². The Hall–Kier alpha value is -0.120. The lowest BCUT2D eigenvalue weighted by atomic mass is 10.1. The molecule has 0 aromatic heterocycles. The molecule has 1 fully saturated rings. The van der Waals surface area contributed by atoms with E-state index in [1.807, 2.05) is 0 Å². The van der Waals surface area contributed by atoms with Gasteiger partial charge in [-0.25, -0.2) is 0 Å². The lowest BCUT2D eigenvalue weighted by Crippen LogP contribution is -2.52. The van der Waals surface area contributed by atoms with Crippen molar-refractivity contribution in [2.45, 2.75) is 39.2 Å². The van der Waals surface area contributed by atoms with Crippen molar-refractivity contribution in [1.82, 2.24) is 10.2 Å². The average Bonchev–Trinajstić information content (AvgIpc) is 2.27. The Morgan fingerprint density at radius 3 is 2.87 bits per heavy atom. The monoisotopic (exact) mass is 214 g/mol. The number of hydrogen-bond donors (Lipinski definition) is 1. The first-order chi connectivity index (χ1) is 7.38. The van der Waals surface area contributed by atoms with Crippen LogP contribution in [0.25, 0.3) is 0 Å². The molecule has 1 atom stereocenters. The summed E-state index contributed by atoms with van der Waals surface area (Å²) in [6.07, 6.45) is 3.71. The number of nitrogens with one attached hydrogen (secondary N) is 1. The normalized spacial score (nSPS) is 23.2. The minimum absolute atomic E-state index is 0.731. The molecule has 1 aliphatic rings. The van der Waals surface area contributed by atoms with Gasteiger partial charge in [-0.15, -0.1) is 0 Å². The Bertz CT molecular complexity index is 151. The second-order valence-corrected chi connectivity index (χ2v) is 4.29. The first kappa shape index (κ1) is 12.9. The van der Waals surface area contributed by atoms with Gasteiger partial charge in [-0.2, -0.15) is 0 Å². The molecule has 3 nitrogen and oxygen atoms in total. The molecular formula is C12H26N2O. The van der Waals surface area contributed by atoms with E-state index in [0.29, 0.717) is 0 Å². The zero-order valence-electron chi connectivity index (χ0n) is 10.3. The Morgan fingerprint density at radius 1 is 1.27 bits per heavy atom. The third-order valence-electron chi connectivity index (χ3n) is 2.97. The molecule has 0 aromatic carbocycles. The molecule has 1 aliphatic heterocycles. The minimum atomic E-state index is 0.731. The van der Waals surface area contributed by atoms with E-state index < -0.39 is 0 Å². The highest BCUT2D eigenvalue weighted by molar-refractivity contribution is 4.79. The van der Waals surface area contributed by atoms with Crippen LogP contribution >= 0.6 is 0 Å². The third kappa shape index (κ3) is 4.96. The first-order valence-corrected chi connectivity index (χ1v) is 6.41. The Morgan fingerprint density at radius 2 is 2.13 bits per heavy atom. The van der Waals surface area contributed by atoms with Crippen LogP contribution in [0, 0.1) is 0 Å². The fraction of sp³-hybridized carbons (Fsp3) is 1.00. The molecule has 15 heavy (non-hydrogen) atoms. The number of piperazine rings is 1. The van der Waals surface area contributed by atoms with Gasteiger partial charge >= 0.3 is 0 Å². The van der Waals surface area contributed by atoms with Gasteiger partial charge in [0.15, 0.2) is 0 Å². The largest absolute Gasteiger partial charge is 0.380 e. The van der Waals surface area contributed by atoms with Gasteiger partial charge in [0.1, 0.15) is 0 Å². The second kappa shape index (κ2) is 8.08. The second-order valence-electron chi connectivity index (χ2n) is 4.29. The maximum absolute atomic E-state index is 5.55.